The molecule has 0 bridgehead atoms. The lowest BCUT2D eigenvalue weighted by atomic mass is 10.0. The summed E-state index contributed by atoms with van der Waals surface area (Å²) in [5.74, 6) is 2.47. The molecule has 2 aromatic rings. The van der Waals surface area contributed by atoms with Gasteiger partial charge in [-0.05, 0) is 34.8 Å². The van der Waals surface area contributed by atoms with E-state index in [1.165, 1.54) is 18.2 Å². The van der Waals surface area contributed by atoms with Gasteiger partial charge in [0.1, 0.15) is 25.4 Å². The molecule has 0 radical (unpaired) electrons. The first kappa shape index (κ1) is 19.3. The Morgan fingerprint density at radius 3 is 2.00 bits per heavy atom. The van der Waals surface area contributed by atoms with Crippen molar-refractivity contribution in [3.8, 4) is 23.0 Å². The fourth-order valence-corrected chi connectivity index (χ4v) is 9.34. The Morgan fingerprint density at radius 1 is 0.920 bits per heavy atom. The van der Waals surface area contributed by atoms with Crippen LogP contribution in [0.5, 0.6) is 11.5 Å². The number of fused-ring (bicyclic) bond motifs is 1. The summed E-state index contributed by atoms with van der Waals surface area (Å²) >= 11 is 0. The molecule has 2 aromatic carbocycles. The van der Waals surface area contributed by atoms with Crippen molar-refractivity contribution in [2.75, 3.05) is 0 Å². The molecule has 25 heavy (non-hydrogen) atoms. The van der Waals surface area contributed by atoms with Gasteiger partial charge in [0.05, 0.1) is 0 Å². The van der Waals surface area contributed by atoms with Crippen LogP contribution in [0.4, 0.5) is 4.39 Å². The van der Waals surface area contributed by atoms with Crippen molar-refractivity contribution in [1.29, 1.82) is 0 Å². The van der Waals surface area contributed by atoms with E-state index in [0.717, 1.165) is 0 Å². The van der Waals surface area contributed by atoms with Gasteiger partial charge in [-0.25, -0.2) is 4.39 Å². The fourth-order valence-electron chi connectivity index (χ4n) is 4.13. The molecule has 2 N–H and O–H groups in total. The minimum Gasteiger partial charge on any atom is -0.508 e. The van der Waals surface area contributed by atoms with Gasteiger partial charge >= 0.3 is 0 Å². The standard InChI is InChI=1S/C21H27FO2Si/c1-13(2)25(14(3)4,15(5)6)10-9-16-7-8-19(22)18-11-17(23)12-20(24)21(16)18/h7-8,11-15,23-24H,1-6H3. The molecule has 0 spiro atoms. The summed E-state index contributed by atoms with van der Waals surface area (Å²) in [5, 5.41) is 20.4. The van der Waals surface area contributed by atoms with Gasteiger partial charge in [-0.1, -0.05) is 47.5 Å². The minimum absolute atomic E-state index is 0.148. The molecule has 0 saturated carbocycles. The highest BCUT2D eigenvalue weighted by atomic mass is 28.3. The lowest BCUT2D eigenvalue weighted by Gasteiger charge is -2.38. The van der Waals surface area contributed by atoms with Gasteiger partial charge in [-0.15, -0.1) is 5.54 Å². The van der Waals surface area contributed by atoms with Crippen LogP contribution in [-0.4, -0.2) is 18.3 Å². The molecule has 4 heteroatoms. The Balaban J connectivity index is 2.74. The summed E-state index contributed by atoms with van der Waals surface area (Å²) in [7, 11) is -1.93. The van der Waals surface area contributed by atoms with Crippen LogP contribution in [0, 0.1) is 17.3 Å². The molecule has 0 amide bonds. The van der Waals surface area contributed by atoms with Crippen molar-refractivity contribution in [1.82, 2.24) is 0 Å². The van der Waals surface area contributed by atoms with Crippen LogP contribution in [0.15, 0.2) is 24.3 Å². The monoisotopic (exact) mass is 358 g/mol. The maximum absolute atomic E-state index is 14.1. The fraction of sp³-hybridized carbons (Fsp3) is 0.429. The molecule has 134 valence electrons. The molecule has 2 rings (SSSR count). The largest absolute Gasteiger partial charge is 0.508 e. The van der Waals surface area contributed by atoms with Crippen LogP contribution in [0.25, 0.3) is 10.8 Å². The summed E-state index contributed by atoms with van der Waals surface area (Å²) in [6, 6.07) is 5.51. The van der Waals surface area contributed by atoms with Crippen molar-refractivity contribution < 1.29 is 14.6 Å². The first-order valence-corrected chi connectivity index (χ1v) is 11.0. The van der Waals surface area contributed by atoms with Crippen LogP contribution in [0.3, 0.4) is 0 Å². The van der Waals surface area contributed by atoms with Gasteiger partial charge in [0, 0.05) is 22.4 Å². The molecular weight excluding hydrogens is 331 g/mol. The average molecular weight is 359 g/mol. The molecule has 0 aromatic heterocycles. The summed E-state index contributed by atoms with van der Waals surface area (Å²) in [5.41, 5.74) is 5.67. The topological polar surface area (TPSA) is 40.5 Å². The van der Waals surface area contributed by atoms with Crippen molar-refractivity contribution in [2.45, 2.75) is 58.2 Å². The van der Waals surface area contributed by atoms with Crippen molar-refractivity contribution in [3.63, 3.8) is 0 Å². The molecule has 0 aliphatic carbocycles. The number of phenolic OH excluding ortho intramolecular Hbond substituents is 2. The number of hydrogen-bond donors (Lipinski definition) is 2. The van der Waals surface area contributed by atoms with Crippen molar-refractivity contribution in [3.05, 3.63) is 35.6 Å². The Hall–Kier alpha value is -1.99. The predicted molar refractivity (Wildman–Crippen MR) is 105 cm³/mol. The second kappa shape index (κ2) is 7.09. The van der Waals surface area contributed by atoms with Gasteiger partial charge < -0.3 is 10.2 Å². The Bertz CT molecular complexity index is 823. The van der Waals surface area contributed by atoms with Crippen molar-refractivity contribution >= 4 is 18.8 Å². The van der Waals surface area contributed by atoms with Crippen molar-refractivity contribution in [2.24, 2.45) is 0 Å². The van der Waals surface area contributed by atoms with Gasteiger partial charge in [0.25, 0.3) is 0 Å². The summed E-state index contributed by atoms with van der Waals surface area (Å²) in [4.78, 5) is 0. The van der Waals surface area contributed by atoms with E-state index in [2.05, 4.69) is 53.0 Å². The maximum atomic E-state index is 14.1. The number of phenols is 2. The zero-order valence-electron chi connectivity index (χ0n) is 15.8. The molecule has 2 nitrogen and oxygen atoms in total. The summed E-state index contributed by atoms with van der Waals surface area (Å²) in [6.07, 6.45) is 0. The SMILES string of the molecule is CC(C)[Si](C#Cc1ccc(F)c2cc(O)cc(O)c12)(C(C)C)C(C)C. The highest BCUT2D eigenvalue weighted by Crippen LogP contribution is 2.41. The number of hydrogen-bond acceptors (Lipinski definition) is 2. The van der Waals surface area contributed by atoms with E-state index in [0.29, 0.717) is 27.6 Å². The van der Waals surface area contributed by atoms with E-state index < -0.39 is 13.9 Å². The molecule has 0 atom stereocenters. The van der Waals surface area contributed by atoms with E-state index >= 15 is 0 Å². The number of aromatic hydroxyl groups is 2. The number of rotatable bonds is 3. The minimum atomic E-state index is -1.93. The molecule has 0 aliphatic heterocycles. The van der Waals surface area contributed by atoms with E-state index in [4.69, 9.17) is 0 Å². The molecular formula is C21H27FO2Si. The molecule has 0 saturated heterocycles. The van der Waals surface area contributed by atoms with E-state index in [1.807, 2.05) is 0 Å². The van der Waals surface area contributed by atoms with Crippen LogP contribution < -0.4 is 0 Å². The highest BCUT2D eigenvalue weighted by molar-refractivity contribution is 6.90. The van der Waals surface area contributed by atoms with Gasteiger partial charge in [-0.3, -0.25) is 0 Å². The van der Waals surface area contributed by atoms with Gasteiger partial charge in [0.2, 0.25) is 0 Å². The normalized spacial score (nSPS) is 12.1. The van der Waals surface area contributed by atoms with Crippen LogP contribution in [0.1, 0.15) is 47.1 Å². The Kier molecular flexibility index (Phi) is 5.48. The zero-order chi connectivity index (χ0) is 18.9. The maximum Gasteiger partial charge on any atom is 0.146 e. The second-order valence-corrected chi connectivity index (χ2v) is 13.2. The number of halogens is 1. The van der Waals surface area contributed by atoms with Crippen LogP contribution in [0.2, 0.25) is 16.6 Å². The first-order chi connectivity index (χ1) is 11.6. The molecule has 0 unspecified atom stereocenters. The quantitative estimate of drug-likeness (QED) is 0.525. The average Bonchev–Trinajstić information content (AvgIpc) is 2.48. The zero-order valence-corrected chi connectivity index (χ0v) is 16.8. The van der Waals surface area contributed by atoms with Crippen LogP contribution >= 0.6 is 0 Å². The Morgan fingerprint density at radius 2 is 1.48 bits per heavy atom. The lowest BCUT2D eigenvalue weighted by molar-refractivity contribution is 0.454. The molecule has 0 fully saturated rings. The molecule has 0 aliphatic rings. The van der Waals surface area contributed by atoms with Gasteiger partial charge in [0.15, 0.2) is 0 Å². The summed E-state index contributed by atoms with van der Waals surface area (Å²) < 4.78 is 14.1. The van der Waals surface area contributed by atoms with Gasteiger partial charge in [-0.2, -0.15) is 0 Å². The van der Waals surface area contributed by atoms with E-state index in [1.54, 1.807) is 6.07 Å². The first-order valence-electron chi connectivity index (χ1n) is 8.78. The third-order valence-electron chi connectivity index (χ3n) is 5.30. The summed E-state index contributed by atoms with van der Waals surface area (Å²) in [6.45, 7) is 13.4. The van der Waals surface area contributed by atoms with Crippen LogP contribution in [-0.2, 0) is 0 Å². The predicted octanol–water partition coefficient (Wildman–Crippen LogP) is 5.96. The van der Waals surface area contributed by atoms with E-state index in [-0.39, 0.29) is 16.9 Å². The number of benzene rings is 2. The highest BCUT2D eigenvalue weighted by Gasteiger charge is 2.41. The third kappa shape index (κ3) is 3.39. The second-order valence-electron chi connectivity index (χ2n) is 7.63. The lowest BCUT2D eigenvalue weighted by Crippen LogP contribution is -2.43. The molecule has 0 heterocycles. The smallest absolute Gasteiger partial charge is 0.146 e. The van der Waals surface area contributed by atoms with E-state index in [9.17, 15) is 14.6 Å². The Labute approximate surface area is 150 Å². The third-order valence-corrected chi connectivity index (χ3v) is 11.6.